The van der Waals surface area contributed by atoms with E-state index in [1.165, 1.54) is 0 Å². The first-order valence-corrected chi connectivity index (χ1v) is 4.10. The standard InChI is InChI=1S/C10H13NO/c1-2-3-4-10(12)8-5-6-9(11)7-8/h5-6,8-9H,4,7,11H2,1H3. The summed E-state index contributed by atoms with van der Waals surface area (Å²) in [4.78, 5) is 11.3. The Balaban J connectivity index is 2.43. The van der Waals surface area contributed by atoms with Crippen molar-refractivity contribution in [2.75, 3.05) is 0 Å². The summed E-state index contributed by atoms with van der Waals surface area (Å²) in [5, 5.41) is 0. The summed E-state index contributed by atoms with van der Waals surface area (Å²) in [6, 6.07) is 0.0635. The molecule has 0 aromatic heterocycles. The zero-order valence-electron chi connectivity index (χ0n) is 7.21. The minimum absolute atomic E-state index is 0.0147. The van der Waals surface area contributed by atoms with Crippen LogP contribution in [0.4, 0.5) is 0 Å². The SMILES string of the molecule is CC#CCC(=O)C1C=CC(N)C1. The fourth-order valence-electron chi connectivity index (χ4n) is 1.27. The van der Waals surface area contributed by atoms with Crippen LogP contribution >= 0.6 is 0 Å². The highest BCUT2D eigenvalue weighted by Crippen LogP contribution is 2.18. The molecular weight excluding hydrogens is 150 g/mol. The molecule has 2 atom stereocenters. The molecule has 1 aliphatic carbocycles. The van der Waals surface area contributed by atoms with Gasteiger partial charge in [0, 0.05) is 12.0 Å². The summed E-state index contributed by atoms with van der Waals surface area (Å²) in [6.07, 6.45) is 4.90. The van der Waals surface area contributed by atoms with Gasteiger partial charge in [0.05, 0.1) is 6.42 Å². The molecule has 1 aliphatic rings. The van der Waals surface area contributed by atoms with Crippen LogP contribution in [-0.2, 0) is 4.79 Å². The van der Waals surface area contributed by atoms with Crippen molar-refractivity contribution in [3.8, 4) is 11.8 Å². The van der Waals surface area contributed by atoms with Gasteiger partial charge in [-0.05, 0) is 13.3 Å². The highest BCUT2D eigenvalue weighted by Gasteiger charge is 2.21. The van der Waals surface area contributed by atoms with Crippen LogP contribution in [-0.4, -0.2) is 11.8 Å². The van der Waals surface area contributed by atoms with Crippen LogP contribution in [0.3, 0.4) is 0 Å². The number of ketones is 1. The minimum Gasteiger partial charge on any atom is -0.324 e. The third-order valence-corrected chi connectivity index (χ3v) is 1.97. The third kappa shape index (κ3) is 2.21. The van der Waals surface area contributed by atoms with Gasteiger partial charge in [0.1, 0.15) is 0 Å². The molecule has 12 heavy (non-hydrogen) atoms. The molecule has 64 valence electrons. The van der Waals surface area contributed by atoms with Crippen LogP contribution in [0.5, 0.6) is 0 Å². The molecule has 0 spiro atoms. The van der Waals surface area contributed by atoms with Crippen LogP contribution in [0.25, 0.3) is 0 Å². The van der Waals surface area contributed by atoms with Gasteiger partial charge in [-0.25, -0.2) is 0 Å². The van der Waals surface area contributed by atoms with Crippen molar-refractivity contribution in [3.05, 3.63) is 12.2 Å². The highest BCUT2D eigenvalue weighted by molar-refractivity contribution is 5.85. The van der Waals surface area contributed by atoms with Crippen LogP contribution in [0.1, 0.15) is 19.8 Å². The third-order valence-electron chi connectivity index (χ3n) is 1.97. The van der Waals surface area contributed by atoms with E-state index in [-0.39, 0.29) is 17.7 Å². The van der Waals surface area contributed by atoms with Crippen molar-refractivity contribution < 1.29 is 4.79 Å². The number of nitrogens with two attached hydrogens (primary N) is 1. The minimum atomic E-state index is 0.0147. The molecular formula is C10H13NO. The highest BCUT2D eigenvalue weighted by atomic mass is 16.1. The fraction of sp³-hybridized carbons (Fsp3) is 0.500. The predicted molar refractivity (Wildman–Crippen MR) is 48.3 cm³/mol. The number of carbonyl (C=O) groups is 1. The smallest absolute Gasteiger partial charge is 0.151 e. The van der Waals surface area contributed by atoms with Crippen LogP contribution in [0.2, 0.25) is 0 Å². The van der Waals surface area contributed by atoms with Crippen LogP contribution < -0.4 is 5.73 Å². The molecule has 0 amide bonds. The lowest BCUT2D eigenvalue weighted by Crippen LogP contribution is -2.18. The second-order valence-corrected chi connectivity index (χ2v) is 2.96. The lowest BCUT2D eigenvalue weighted by atomic mass is 10.0. The second kappa shape index (κ2) is 4.08. The van der Waals surface area contributed by atoms with E-state index in [1.807, 2.05) is 12.2 Å². The molecule has 0 aliphatic heterocycles. The molecule has 2 unspecified atom stereocenters. The van der Waals surface area contributed by atoms with Crippen molar-refractivity contribution in [2.24, 2.45) is 11.7 Å². The van der Waals surface area contributed by atoms with Crippen molar-refractivity contribution in [3.63, 3.8) is 0 Å². The molecule has 2 heteroatoms. The first-order valence-electron chi connectivity index (χ1n) is 4.10. The number of carbonyl (C=O) groups excluding carboxylic acids is 1. The van der Waals surface area contributed by atoms with Gasteiger partial charge < -0.3 is 5.73 Å². The lowest BCUT2D eigenvalue weighted by Gasteiger charge is -2.04. The van der Waals surface area contributed by atoms with Gasteiger partial charge in [0.2, 0.25) is 0 Å². The van der Waals surface area contributed by atoms with E-state index in [0.29, 0.717) is 6.42 Å². The molecule has 2 nitrogen and oxygen atoms in total. The van der Waals surface area contributed by atoms with Gasteiger partial charge in [-0.3, -0.25) is 4.79 Å². The molecule has 2 N–H and O–H groups in total. The maximum absolute atomic E-state index is 11.3. The summed E-state index contributed by atoms with van der Waals surface area (Å²) in [7, 11) is 0. The normalized spacial score (nSPS) is 26.5. The van der Waals surface area contributed by atoms with Gasteiger partial charge in [-0.2, -0.15) is 0 Å². The van der Waals surface area contributed by atoms with E-state index in [2.05, 4.69) is 11.8 Å². The number of hydrogen-bond donors (Lipinski definition) is 1. The number of rotatable bonds is 2. The molecule has 0 heterocycles. The second-order valence-electron chi connectivity index (χ2n) is 2.96. The Kier molecular flexibility index (Phi) is 3.07. The van der Waals surface area contributed by atoms with Crippen molar-refractivity contribution >= 4 is 5.78 Å². The van der Waals surface area contributed by atoms with E-state index < -0.39 is 0 Å². The van der Waals surface area contributed by atoms with Gasteiger partial charge in [0.15, 0.2) is 5.78 Å². The van der Waals surface area contributed by atoms with Crippen molar-refractivity contribution in [2.45, 2.75) is 25.8 Å². The summed E-state index contributed by atoms with van der Waals surface area (Å²) in [5.41, 5.74) is 5.62. The van der Waals surface area contributed by atoms with E-state index in [1.54, 1.807) is 6.92 Å². The largest absolute Gasteiger partial charge is 0.324 e. The molecule has 0 aromatic carbocycles. The Morgan fingerprint density at radius 2 is 2.42 bits per heavy atom. The summed E-state index contributed by atoms with van der Waals surface area (Å²) in [5.74, 6) is 5.68. The van der Waals surface area contributed by atoms with Gasteiger partial charge in [-0.1, -0.05) is 18.1 Å². The lowest BCUT2D eigenvalue weighted by molar-refractivity contribution is -0.120. The Hall–Kier alpha value is -1.07. The zero-order valence-corrected chi connectivity index (χ0v) is 7.21. The van der Waals surface area contributed by atoms with Crippen molar-refractivity contribution in [1.29, 1.82) is 0 Å². The molecule has 1 rings (SSSR count). The van der Waals surface area contributed by atoms with Gasteiger partial charge in [0.25, 0.3) is 0 Å². The molecule has 0 radical (unpaired) electrons. The number of Topliss-reactive ketones (excluding diaryl/α,β-unsaturated/α-hetero) is 1. The molecule has 0 aromatic rings. The Morgan fingerprint density at radius 1 is 1.67 bits per heavy atom. The topological polar surface area (TPSA) is 43.1 Å². The van der Waals surface area contributed by atoms with Gasteiger partial charge >= 0.3 is 0 Å². The summed E-state index contributed by atoms with van der Waals surface area (Å²) < 4.78 is 0. The maximum Gasteiger partial charge on any atom is 0.151 e. The Bertz CT molecular complexity index is 257. The first kappa shape index (κ1) is 9.02. The molecule has 0 saturated heterocycles. The quantitative estimate of drug-likeness (QED) is 0.485. The first-order chi connectivity index (χ1) is 5.74. The summed E-state index contributed by atoms with van der Waals surface area (Å²) >= 11 is 0. The van der Waals surface area contributed by atoms with E-state index in [0.717, 1.165) is 6.42 Å². The zero-order chi connectivity index (χ0) is 8.97. The van der Waals surface area contributed by atoms with Crippen LogP contribution in [0, 0.1) is 17.8 Å². The van der Waals surface area contributed by atoms with E-state index in [9.17, 15) is 4.79 Å². The number of allylic oxidation sites excluding steroid dienone is 1. The van der Waals surface area contributed by atoms with E-state index in [4.69, 9.17) is 5.73 Å². The Labute approximate surface area is 72.8 Å². The van der Waals surface area contributed by atoms with Crippen LogP contribution in [0.15, 0.2) is 12.2 Å². The monoisotopic (exact) mass is 163 g/mol. The average molecular weight is 163 g/mol. The van der Waals surface area contributed by atoms with E-state index >= 15 is 0 Å². The average Bonchev–Trinajstić information content (AvgIpc) is 2.47. The van der Waals surface area contributed by atoms with Gasteiger partial charge in [-0.15, -0.1) is 5.92 Å². The molecule has 0 bridgehead atoms. The fourth-order valence-corrected chi connectivity index (χ4v) is 1.27. The maximum atomic E-state index is 11.3. The van der Waals surface area contributed by atoms with Crippen molar-refractivity contribution in [1.82, 2.24) is 0 Å². The molecule has 0 fully saturated rings. The Morgan fingerprint density at radius 3 is 2.92 bits per heavy atom. The predicted octanol–water partition coefficient (Wildman–Crippen LogP) is 0.872. The molecule has 0 saturated carbocycles. The summed E-state index contributed by atoms with van der Waals surface area (Å²) in [6.45, 7) is 1.74. The number of hydrogen-bond acceptors (Lipinski definition) is 2.